The largest absolute Gasteiger partial charge is 0.491 e. The van der Waals surface area contributed by atoms with E-state index in [9.17, 15) is 4.79 Å². The fourth-order valence-corrected chi connectivity index (χ4v) is 2.40. The number of anilines is 1. The van der Waals surface area contributed by atoms with Crippen LogP contribution in [0.15, 0.2) is 36.4 Å². The summed E-state index contributed by atoms with van der Waals surface area (Å²) in [6, 6.07) is 11.7. The molecule has 23 heavy (non-hydrogen) atoms. The fraction of sp³-hybridized carbons (Fsp3) is 0.316. The Kier molecular flexibility index (Phi) is 5.63. The maximum atomic E-state index is 11.9. The maximum absolute atomic E-state index is 11.9. The first kappa shape index (κ1) is 16.9. The van der Waals surface area contributed by atoms with Crippen molar-refractivity contribution in [2.45, 2.75) is 27.7 Å². The number of carbonyl (C=O) groups excluding carboxylic acids is 1. The number of nitrogens with one attached hydrogen (secondary N) is 2. The van der Waals surface area contributed by atoms with E-state index in [0.717, 1.165) is 33.7 Å². The molecule has 0 aromatic heterocycles. The normalized spacial score (nSPS) is 10.3. The van der Waals surface area contributed by atoms with Gasteiger partial charge >= 0.3 is 6.03 Å². The number of carbonyl (C=O) groups is 1. The molecular formula is C19H24N2O2. The van der Waals surface area contributed by atoms with E-state index >= 15 is 0 Å². The van der Waals surface area contributed by atoms with Crippen LogP contribution in [0.1, 0.15) is 22.3 Å². The maximum Gasteiger partial charge on any atom is 0.319 e. The van der Waals surface area contributed by atoms with Crippen LogP contribution in [-0.2, 0) is 0 Å². The van der Waals surface area contributed by atoms with E-state index in [1.807, 2.05) is 64.1 Å². The van der Waals surface area contributed by atoms with Gasteiger partial charge in [0.2, 0.25) is 0 Å². The van der Waals surface area contributed by atoms with Crippen molar-refractivity contribution >= 4 is 11.7 Å². The second-order valence-electron chi connectivity index (χ2n) is 5.70. The summed E-state index contributed by atoms with van der Waals surface area (Å²) in [4.78, 5) is 11.9. The molecule has 4 nitrogen and oxygen atoms in total. The van der Waals surface area contributed by atoms with Gasteiger partial charge in [-0.25, -0.2) is 4.79 Å². The third-order valence-electron chi connectivity index (χ3n) is 3.90. The molecule has 0 spiro atoms. The van der Waals surface area contributed by atoms with E-state index in [1.165, 1.54) is 0 Å². The van der Waals surface area contributed by atoms with Crippen LogP contribution in [0.2, 0.25) is 0 Å². The van der Waals surface area contributed by atoms with Crippen LogP contribution in [0, 0.1) is 27.7 Å². The molecule has 0 aliphatic heterocycles. The zero-order chi connectivity index (χ0) is 16.8. The van der Waals surface area contributed by atoms with E-state index < -0.39 is 0 Å². The Balaban J connectivity index is 1.80. The highest BCUT2D eigenvalue weighted by atomic mass is 16.5. The minimum Gasteiger partial charge on any atom is -0.491 e. The lowest BCUT2D eigenvalue weighted by atomic mass is 10.1. The van der Waals surface area contributed by atoms with Crippen LogP contribution >= 0.6 is 0 Å². The van der Waals surface area contributed by atoms with Gasteiger partial charge in [0.05, 0.1) is 6.54 Å². The summed E-state index contributed by atoms with van der Waals surface area (Å²) in [5, 5.41) is 5.68. The minimum absolute atomic E-state index is 0.219. The number of ether oxygens (including phenoxy) is 1. The van der Waals surface area contributed by atoms with Crippen LogP contribution in [-0.4, -0.2) is 19.2 Å². The number of urea groups is 1. The summed E-state index contributed by atoms with van der Waals surface area (Å²) in [6.07, 6.45) is 0. The number of benzene rings is 2. The number of aryl methyl sites for hydroxylation is 3. The van der Waals surface area contributed by atoms with Crippen molar-refractivity contribution in [3.8, 4) is 5.75 Å². The van der Waals surface area contributed by atoms with Crippen molar-refractivity contribution in [1.29, 1.82) is 0 Å². The molecule has 0 aliphatic carbocycles. The lowest BCUT2D eigenvalue weighted by Gasteiger charge is -2.13. The molecule has 0 radical (unpaired) electrons. The van der Waals surface area contributed by atoms with Gasteiger partial charge in [0.15, 0.2) is 0 Å². The van der Waals surface area contributed by atoms with Crippen molar-refractivity contribution in [1.82, 2.24) is 5.32 Å². The van der Waals surface area contributed by atoms with Gasteiger partial charge < -0.3 is 15.4 Å². The zero-order valence-corrected chi connectivity index (χ0v) is 14.2. The van der Waals surface area contributed by atoms with Gasteiger partial charge in [0.1, 0.15) is 12.4 Å². The van der Waals surface area contributed by atoms with Gasteiger partial charge in [-0.15, -0.1) is 0 Å². The standard InChI is InChI=1S/C19H24N2O2/c1-13-7-6-10-17(16(13)4)21-19(22)20-11-12-23-18-14(2)8-5-9-15(18)3/h5-10H,11-12H2,1-4H3,(H2,20,21,22). The molecule has 0 saturated carbocycles. The number of para-hydroxylation sites is 1. The Hall–Kier alpha value is -2.49. The third-order valence-corrected chi connectivity index (χ3v) is 3.90. The molecule has 2 aromatic rings. The summed E-state index contributed by atoms with van der Waals surface area (Å²) in [5.74, 6) is 0.893. The Morgan fingerprint density at radius 1 is 0.957 bits per heavy atom. The molecule has 0 fully saturated rings. The van der Waals surface area contributed by atoms with Gasteiger partial charge in [0, 0.05) is 5.69 Å². The van der Waals surface area contributed by atoms with Crippen molar-refractivity contribution in [2.24, 2.45) is 0 Å². The van der Waals surface area contributed by atoms with E-state index in [1.54, 1.807) is 0 Å². The van der Waals surface area contributed by atoms with Crippen LogP contribution in [0.25, 0.3) is 0 Å². The SMILES string of the molecule is Cc1cccc(NC(=O)NCCOc2c(C)cccc2C)c1C. The predicted octanol–water partition coefficient (Wildman–Crippen LogP) is 4.12. The van der Waals surface area contributed by atoms with Crippen LogP contribution in [0.3, 0.4) is 0 Å². The Bertz CT molecular complexity index is 676. The molecule has 0 unspecified atom stereocenters. The molecular weight excluding hydrogens is 288 g/mol. The molecule has 0 bridgehead atoms. The lowest BCUT2D eigenvalue weighted by Crippen LogP contribution is -2.32. The molecule has 4 heteroatoms. The smallest absolute Gasteiger partial charge is 0.319 e. The van der Waals surface area contributed by atoms with E-state index in [-0.39, 0.29) is 6.03 Å². The van der Waals surface area contributed by atoms with Crippen molar-refractivity contribution in [3.63, 3.8) is 0 Å². The quantitative estimate of drug-likeness (QED) is 0.816. The second kappa shape index (κ2) is 7.68. The Morgan fingerprint density at radius 2 is 1.57 bits per heavy atom. The predicted molar refractivity (Wildman–Crippen MR) is 94.3 cm³/mol. The average Bonchev–Trinajstić information content (AvgIpc) is 2.50. The molecule has 122 valence electrons. The van der Waals surface area contributed by atoms with E-state index in [2.05, 4.69) is 10.6 Å². The fourth-order valence-electron chi connectivity index (χ4n) is 2.40. The molecule has 0 aliphatic rings. The Morgan fingerprint density at radius 3 is 2.26 bits per heavy atom. The first-order valence-corrected chi connectivity index (χ1v) is 7.79. The van der Waals surface area contributed by atoms with Gasteiger partial charge in [-0.3, -0.25) is 0 Å². The van der Waals surface area contributed by atoms with E-state index in [4.69, 9.17) is 4.74 Å². The first-order chi connectivity index (χ1) is 11.0. The molecule has 2 amide bonds. The van der Waals surface area contributed by atoms with E-state index in [0.29, 0.717) is 13.2 Å². The van der Waals surface area contributed by atoms with Gasteiger partial charge in [-0.2, -0.15) is 0 Å². The molecule has 0 heterocycles. The number of amides is 2. The van der Waals surface area contributed by atoms with Gasteiger partial charge in [-0.1, -0.05) is 30.3 Å². The highest BCUT2D eigenvalue weighted by Gasteiger charge is 2.06. The van der Waals surface area contributed by atoms with Gasteiger partial charge in [-0.05, 0) is 56.0 Å². The monoisotopic (exact) mass is 312 g/mol. The summed E-state index contributed by atoms with van der Waals surface area (Å²) in [6.45, 7) is 8.94. The van der Waals surface area contributed by atoms with Crippen molar-refractivity contribution in [3.05, 3.63) is 58.7 Å². The highest BCUT2D eigenvalue weighted by molar-refractivity contribution is 5.90. The molecule has 2 rings (SSSR count). The highest BCUT2D eigenvalue weighted by Crippen LogP contribution is 2.22. The summed E-state index contributed by atoms with van der Waals surface area (Å²) >= 11 is 0. The Labute approximate surface area is 137 Å². The summed E-state index contributed by atoms with van der Waals surface area (Å²) < 4.78 is 5.77. The van der Waals surface area contributed by atoms with Crippen molar-refractivity contribution < 1.29 is 9.53 Å². The van der Waals surface area contributed by atoms with Crippen LogP contribution in [0.4, 0.5) is 10.5 Å². The van der Waals surface area contributed by atoms with Gasteiger partial charge in [0.25, 0.3) is 0 Å². The summed E-state index contributed by atoms with van der Waals surface area (Å²) in [7, 11) is 0. The minimum atomic E-state index is -0.219. The number of rotatable bonds is 5. The molecule has 2 N–H and O–H groups in total. The summed E-state index contributed by atoms with van der Waals surface area (Å²) in [5.41, 5.74) is 5.27. The number of hydrogen-bond donors (Lipinski definition) is 2. The van der Waals surface area contributed by atoms with Crippen molar-refractivity contribution in [2.75, 3.05) is 18.5 Å². The lowest BCUT2D eigenvalue weighted by molar-refractivity contribution is 0.247. The molecule has 0 atom stereocenters. The second-order valence-corrected chi connectivity index (χ2v) is 5.70. The number of hydrogen-bond acceptors (Lipinski definition) is 2. The molecule has 2 aromatic carbocycles. The zero-order valence-electron chi connectivity index (χ0n) is 14.2. The third kappa shape index (κ3) is 4.49. The molecule has 0 saturated heterocycles. The average molecular weight is 312 g/mol. The van der Waals surface area contributed by atoms with Crippen LogP contribution in [0.5, 0.6) is 5.75 Å². The van der Waals surface area contributed by atoms with Crippen LogP contribution < -0.4 is 15.4 Å². The first-order valence-electron chi connectivity index (χ1n) is 7.79. The topological polar surface area (TPSA) is 50.4 Å².